The van der Waals surface area contributed by atoms with Crippen LogP contribution in [-0.4, -0.2) is 49.4 Å². The number of amides is 1. The van der Waals surface area contributed by atoms with Gasteiger partial charge in [-0.15, -0.1) is 0 Å². The molecule has 4 unspecified atom stereocenters. The largest absolute Gasteiger partial charge is 0.365 e. The van der Waals surface area contributed by atoms with Crippen LogP contribution in [0.3, 0.4) is 0 Å². The summed E-state index contributed by atoms with van der Waals surface area (Å²) in [4.78, 5) is 33.6. The number of nitrogens with zero attached hydrogens (tertiary/aromatic N) is 5. The molecule has 7 heteroatoms. The molecule has 0 aromatic carbocycles. The molecule has 1 amide bonds. The number of pyridine rings is 2. The number of carbonyl (C=O) groups excluding carboxylic acids is 1. The first-order valence-corrected chi connectivity index (χ1v) is 10.8. The number of anilines is 1. The highest BCUT2D eigenvalue weighted by Gasteiger charge is 2.75. The van der Waals surface area contributed by atoms with Crippen molar-refractivity contribution in [1.29, 1.82) is 0 Å². The summed E-state index contributed by atoms with van der Waals surface area (Å²) in [5.74, 6) is 1.98. The first-order valence-electron chi connectivity index (χ1n) is 10.8. The maximum Gasteiger partial charge on any atom is 0.273 e. The molecular weight excluding hydrogens is 388 g/mol. The molecule has 6 rings (SSSR count). The molecule has 7 nitrogen and oxygen atoms in total. The molecule has 4 atom stereocenters. The van der Waals surface area contributed by atoms with E-state index in [1.165, 1.54) is 6.42 Å². The van der Waals surface area contributed by atoms with Crippen molar-refractivity contribution in [1.82, 2.24) is 24.8 Å². The summed E-state index contributed by atoms with van der Waals surface area (Å²) in [6.07, 6.45) is 7.57. The van der Waals surface area contributed by atoms with E-state index in [9.17, 15) is 4.79 Å². The normalized spacial score (nSPS) is 27.8. The quantitative estimate of drug-likeness (QED) is 0.708. The number of rotatable bonds is 4. The van der Waals surface area contributed by atoms with E-state index in [0.29, 0.717) is 23.0 Å². The minimum absolute atomic E-state index is 0.0221. The SMILES string of the molecule is Cc1ccc(NC2CC34CC3CN(C(=O)c3nc(C)ccc3-c3ncccn3)C24)nc1. The van der Waals surface area contributed by atoms with E-state index in [2.05, 4.69) is 31.3 Å². The summed E-state index contributed by atoms with van der Waals surface area (Å²) in [5, 5.41) is 3.57. The predicted octanol–water partition coefficient (Wildman–Crippen LogP) is 3.27. The third-order valence-electron chi connectivity index (χ3n) is 7.15. The molecule has 1 saturated heterocycles. The maximum absolute atomic E-state index is 13.8. The number of carbonyl (C=O) groups is 1. The van der Waals surface area contributed by atoms with Gasteiger partial charge in [0.05, 0.1) is 11.6 Å². The molecule has 3 aromatic heterocycles. The van der Waals surface area contributed by atoms with Crippen LogP contribution in [0.1, 0.15) is 34.6 Å². The summed E-state index contributed by atoms with van der Waals surface area (Å²) in [5.41, 5.74) is 3.37. The van der Waals surface area contributed by atoms with Crippen LogP contribution in [0, 0.1) is 25.2 Å². The van der Waals surface area contributed by atoms with Gasteiger partial charge in [0.25, 0.3) is 5.91 Å². The molecule has 156 valence electrons. The Hall–Kier alpha value is -3.35. The second kappa shape index (κ2) is 6.57. The van der Waals surface area contributed by atoms with Crippen molar-refractivity contribution in [3.63, 3.8) is 0 Å². The lowest BCUT2D eigenvalue weighted by Gasteiger charge is -2.48. The van der Waals surface area contributed by atoms with E-state index >= 15 is 0 Å². The molecule has 3 fully saturated rings. The second-order valence-electron chi connectivity index (χ2n) is 9.13. The van der Waals surface area contributed by atoms with E-state index in [1.54, 1.807) is 18.5 Å². The van der Waals surface area contributed by atoms with Crippen molar-refractivity contribution in [2.45, 2.75) is 38.8 Å². The molecule has 1 spiro atoms. The Kier molecular flexibility index (Phi) is 3.91. The van der Waals surface area contributed by atoms with Crippen molar-refractivity contribution in [2.75, 3.05) is 11.9 Å². The van der Waals surface area contributed by atoms with Crippen LogP contribution in [0.4, 0.5) is 5.82 Å². The van der Waals surface area contributed by atoms with Gasteiger partial charge >= 0.3 is 0 Å². The van der Waals surface area contributed by atoms with E-state index in [0.717, 1.165) is 30.0 Å². The molecule has 2 saturated carbocycles. The summed E-state index contributed by atoms with van der Waals surface area (Å²) in [6.45, 7) is 4.74. The number of likely N-dealkylation sites (tertiary alicyclic amines) is 1. The molecule has 0 radical (unpaired) electrons. The van der Waals surface area contributed by atoms with Crippen LogP contribution in [0.5, 0.6) is 0 Å². The van der Waals surface area contributed by atoms with Gasteiger partial charge in [-0.1, -0.05) is 6.07 Å². The Morgan fingerprint density at radius 2 is 1.94 bits per heavy atom. The molecule has 3 aromatic rings. The van der Waals surface area contributed by atoms with E-state index < -0.39 is 0 Å². The molecule has 4 heterocycles. The summed E-state index contributed by atoms with van der Waals surface area (Å²) in [7, 11) is 0. The fourth-order valence-corrected chi connectivity index (χ4v) is 5.58. The minimum Gasteiger partial charge on any atom is -0.365 e. The van der Waals surface area contributed by atoms with Gasteiger partial charge in [0, 0.05) is 36.9 Å². The van der Waals surface area contributed by atoms with E-state index in [-0.39, 0.29) is 23.4 Å². The first kappa shape index (κ1) is 18.4. The molecule has 0 bridgehead atoms. The summed E-state index contributed by atoms with van der Waals surface area (Å²) >= 11 is 0. The zero-order valence-electron chi connectivity index (χ0n) is 17.6. The monoisotopic (exact) mass is 412 g/mol. The number of aryl methyl sites for hydroxylation is 2. The fourth-order valence-electron chi connectivity index (χ4n) is 5.58. The number of aromatic nitrogens is 4. The maximum atomic E-state index is 13.8. The highest BCUT2D eigenvalue weighted by Crippen LogP contribution is 2.71. The van der Waals surface area contributed by atoms with Crippen molar-refractivity contribution >= 4 is 11.7 Å². The fraction of sp³-hybridized carbons (Fsp3) is 0.375. The molecule has 2 aliphatic carbocycles. The van der Waals surface area contributed by atoms with Crippen molar-refractivity contribution < 1.29 is 4.79 Å². The van der Waals surface area contributed by atoms with Crippen LogP contribution in [0.15, 0.2) is 48.9 Å². The van der Waals surface area contributed by atoms with Gasteiger partial charge in [-0.25, -0.2) is 19.9 Å². The van der Waals surface area contributed by atoms with Crippen molar-refractivity contribution in [2.24, 2.45) is 11.3 Å². The summed E-state index contributed by atoms with van der Waals surface area (Å²) in [6, 6.07) is 10.1. The Morgan fingerprint density at radius 1 is 1.10 bits per heavy atom. The number of hydrogen-bond donors (Lipinski definition) is 1. The number of nitrogens with one attached hydrogen (secondary N) is 1. The number of hydrogen-bond acceptors (Lipinski definition) is 6. The van der Waals surface area contributed by atoms with E-state index in [1.807, 2.05) is 43.1 Å². The highest BCUT2D eigenvalue weighted by molar-refractivity contribution is 5.99. The molecule has 1 aliphatic heterocycles. The van der Waals surface area contributed by atoms with Gasteiger partial charge in [0.15, 0.2) is 5.82 Å². The topological polar surface area (TPSA) is 83.9 Å². The third kappa shape index (κ3) is 2.83. The first-order chi connectivity index (χ1) is 15.0. The Labute approximate surface area is 181 Å². The number of piperidine rings is 1. The van der Waals surface area contributed by atoms with E-state index in [4.69, 9.17) is 0 Å². The smallest absolute Gasteiger partial charge is 0.273 e. The van der Waals surface area contributed by atoms with Gasteiger partial charge in [0.1, 0.15) is 11.5 Å². The Morgan fingerprint density at radius 3 is 2.71 bits per heavy atom. The summed E-state index contributed by atoms with van der Waals surface area (Å²) < 4.78 is 0. The molecule has 3 aliphatic rings. The lowest BCUT2D eigenvalue weighted by atomic mass is 9.71. The Bertz CT molecular complexity index is 1160. The van der Waals surface area contributed by atoms with Gasteiger partial charge in [-0.05, 0) is 67.9 Å². The van der Waals surface area contributed by atoms with Gasteiger partial charge in [-0.3, -0.25) is 4.79 Å². The highest BCUT2D eigenvalue weighted by atomic mass is 16.2. The lowest BCUT2D eigenvalue weighted by molar-refractivity contribution is 0.0466. The Balaban J connectivity index is 1.31. The van der Waals surface area contributed by atoms with Crippen LogP contribution in [-0.2, 0) is 0 Å². The zero-order chi connectivity index (χ0) is 21.2. The van der Waals surface area contributed by atoms with Gasteiger partial charge < -0.3 is 10.2 Å². The average molecular weight is 412 g/mol. The molecule has 31 heavy (non-hydrogen) atoms. The van der Waals surface area contributed by atoms with Gasteiger partial charge in [-0.2, -0.15) is 0 Å². The van der Waals surface area contributed by atoms with Gasteiger partial charge in [0.2, 0.25) is 0 Å². The molecular formula is C24H24N6O. The van der Waals surface area contributed by atoms with Crippen molar-refractivity contribution in [3.05, 3.63) is 65.9 Å². The lowest BCUT2D eigenvalue weighted by Crippen LogP contribution is -2.60. The third-order valence-corrected chi connectivity index (χ3v) is 7.15. The van der Waals surface area contributed by atoms with Crippen LogP contribution in [0.2, 0.25) is 0 Å². The van der Waals surface area contributed by atoms with Crippen LogP contribution < -0.4 is 5.32 Å². The second-order valence-corrected chi connectivity index (χ2v) is 9.13. The van der Waals surface area contributed by atoms with Crippen molar-refractivity contribution in [3.8, 4) is 11.4 Å². The standard InChI is InChI=1S/C24H24N6O/c1-14-4-7-19(27-12-14)29-18-11-24-10-16(24)13-30(21(18)24)23(31)20-17(6-5-15(2)28-20)22-25-8-3-9-26-22/h3-9,12,16,18,21H,10-11,13H2,1-2H3,(H,27,29). The predicted molar refractivity (Wildman–Crippen MR) is 116 cm³/mol. The minimum atomic E-state index is -0.0221. The molecule has 1 N–H and O–H groups in total. The van der Waals surface area contributed by atoms with Crippen LogP contribution in [0.25, 0.3) is 11.4 Å². The average Bonchev–Trinajstić information content (AvgIpc) is 3.43. The van der Waals surface area contributed by atoms with Crippen LogP contribution >= 0.6 is 0 Å². The zero-order valence-corrected chi connectivity index (χ0v) is 17.6.